The van der Waals surface area contributed by atoms with E-state index < -0.39 is 30.1 Å². The van der Waals surface area contributed by atoms with Crippen LogP contribution in [0.2, 0.25) is 0 Å². The lowest BCUT2D eigenvalue weighted by atomic mass is 10.0. The first-order chi connectivity index (χ1) is 13.9. The summed E-state index contributed by atoms with van der Waals surface area (Å²) >= 11 is 0. The van der Waals surface area contributed by atoms with Crippen LogP contribution in [-0.4, -0.2) is 30.8 Å². The van der Waals surface area contributed by atoms with Crippen LogP contribution in [0.15, 0.2) is 48.5 Å². The first kappa shape index (κ1) is 20.0. The van der Waals surface area contributed by atoms with E-state index in [1.54, 1.807) is 42.5 Å². The molecule has 1 aliphatic heterocycles. The highest BCUT2D eigenvalue weighted by Gasteiger charge is 2.23. The zero-order valence-corrected chi connectivity index (χ0v) is 15.7. The van der Waals surface area contributed by atoms with Crippen molar-refractivity contribution in [2.75, 3.05) is 12.1 Å². The third-order valence-electron chi connectivity index (χ3n) is 4.21. The number of hydrogen-bond donors (Lipinski definition) is 3. The molecular weight excluding hydrogens is 378 g/mol. The maximum Gasteiger partial charge on any atom is 0.312 e. The Hall–Kier alpha value is -3.75. The van der Waals surface area contributed by atoms with Gasteiger partial charge in [0, 0.05) is 11.8 Å². The molecule has 0 saturated heterocycles. The van der Waals surface area contributed by atoms with Gasteiger partial charge in [0.05, 0.1) is 12.5 Å². The Morgan fingerprint density at radius 3 is 2.55 bits per heavy atom. The summed E-state index contributed by atoms with van der Waals surface area (Å²) in [4.78, 5) is 35.9. The minimum atomic E-state index is -1.04. The summed E-state index contributed by atoms with van der Waals surface area (Å²) in [7, 11) is 0. The predicted molar refractivity (Wildman–Crippen MR) is 103 cm³/mol. The Balaban J connectivity index is 1.57. The highest BCUT2D eigenvalue weighted by molar-refractivity contribution is 5.95. The number of carbonyl (C=O) groups excluding carboxylic acids is 3. The molecule has 1 aliphatic rings. The van der Waals surface area contributed by atoms with E-state index in [-0.39, 0.29) is 13.2 Å². The minimum absolute atomic E-state index is 0.128. The molecule has 4 N–H and O–H groups in total. The van der Waals surface area contributed by atoms with Crippen LogP contribution in [-0.2, 0) is 14.3 Å². The molecule has 0 bridgehead atoms. The topological polar surface area (TPSA) is 129 Å². The van der Waals surface area contributed by atoms with Crippen molar-refractivity contribution < 1.29 is 28.6 Å². The second kappa shape index (κ2) is 8.96. The van der Waals surface area contributed by atoms with E-state index in [1.807, 2.05) is 6.07 Å². The Bertz CT molecular complexity index is 902. The van der Waals surface area contributed by atoms with Crippen molar-refractivity contribution in [3.63, 3.8) is 0 Å². The van der Waals surface area contributed by atoms with Crippen LogP contribution >= 0.6 is 0 Å². The van der Waals surface area contributed by atoms with Crippen molar-refractivity contribution in [1.82, 2.24) is 5.32 Å². The van der Waals surface area contributed by atoms with Gasteiger partial charge in [-0.2, -0.15) is 0 Å². The number of carbonyl (C=O) groups is 3. The summed E-state index contributed by atoms with van der Waals surface area (Å²) in [5, 5.41) is 5.16. The summed E-state index contributed by atoms with van der Waals surface area (Å²) < 4.78 is 15.7. The van der Waals surface area contributed by atoms with Crippen LogP contribution in [0.3, 0.4) is 0 Å². The number of fused-ring (bicyclic) bond motifs is 1. The van der Waals surface area contributed by atoms with E-state index in [4.69, 9.17) is 19.9 Å². The lowest BCUT2D eigenvalue weighted by Gasteiger charge is -2.19. The lowest BCUT2D eigenvalue weighted by Crippen LogP contribution is -2.36. The molecule has 2 aromatic carbocycles. The summed E-state index contributed by atoms with van der Waals surface area (Å²) in [6.45, 7) is 1.59. The molecule has 1 heterocycles. The third kappa shape index (κ3) is 5.38. The quantitative estimate of drug-likeness (QED) is 0.612. The van der Waals surface area contributed by atoms with Gasteiger partial charge in [-0.15, -0.1) is 0 Å². The van der Waals surface area contributed by atoms with Crippen LogP contribution in [0.4, 0.5) is 10.5 Å². The van der Waals surface area contributed by atoms with Crippen molar-refractivity contribution in [1.29, 1.82) is 0 Å². The number of hydrogen-bond acceptors (Lipinski definition) is 6. The zero-order valence-electron chi connectivity index (χ0n) is 15.7. The molecule has 3 rings (SSSR count). The van der Waals surface area contributed by atoms with E-state index in [0.717, 1.165) is 0 Å². The molecular formula is C20H21N3O6. The number of ether oxygens (including phenoxy) is 3. The summed E-state index contributed by atoms with van der Waals surface area (Å²) in [5.41, 5.74) is 6.38. The van der Waals surface area contributed by atoms with Gasteiger partial charge in [0.25, 0.3) is 5.91 Å². The molecule has 0 radical (unpaired) electrons. The van der Waals surface area contributed by atoms with Crippen LogP contribution in [0.5, 0.6) is 11.5 Å². The highest BCUT2D eigenvalue weighted by atomic mass is 16.7. The zero-order chi connectivity index (χ0) is 20.8. The number of nitrogens with two attached hydrogens (primary N) is 1. The van der Waals surface area contributed by atoms with Gasteiger partial charge in [0.15, 0.2) is 17.6 Å². The van der Waals surface area contributed by atoms with Gasteiger partial charge in [-0.3, -0.25) is 9.59 Å². The molecule has 3 amide bonds. The fraction of sp³-hybridized carbons (Fsp3) is 0.250. The SMILES string of the molecule is C[C@@H](OC(=O)C[C@H](NC(N)=O)c1ccccc1)C(=O)Nc1ccc2c(c1)OCO2. The van der Waals surface area contributed by atoms with Crippen molar-refractivity contribution >= 4 is 23.6 Å². The Morgan fingerprint density at radius 2 is 1.83 bits per heavy atom. The largest absolute Gasteiger partial charge is 0.454 e. The number of urea groups is 1. The van der Waals surface area contributed by atoms with Gasteiger partial charge in [-0.25, -0.2) is 4.79 Å². The van der Waals surface area contributed by atoms with Gasteiger partial charge in [0.2, 0.25) is 6.79 Å². The minimum Gasteiger partial charge on any atom is -0.454 e. The van der Waals surface area contributed by atoms with Crippen molar-refractivity contribution in [3.05, 3.63) is 54.1 Å². The van der Waals surface area contributed by atoms with Crippen LogP contribution in [0.1, 0.15) is 24.9 Å². The number of esters is 1. The molecule has 9 heteroatoms. The van der Waals surface area contributed by atoms with Gasteiger partial charge in [-0.1, -0.05) is 30.3 Å². The first-order valence-electron chi connectivity index (χ1n) is 8.93. The van der Waals surface area contributed by atoms with Crippen LogP contribution in [0, 0.1) is 0 Å². The standard InChI is InChI=1S/C20H21N3O6/c1-12(19(25)22-14-7-8-16-17(9-14)28-11-27-16)29-18(24)10-15(23-20(21)26)13-5-3-2-4-6-13/h2-9,12,15H,10-11H2,1H3,(H,22,25)(H3,21,23,26)/t12-,15+/m1/s1. The average molecular weight is 399 g/mol. The predicted octanol–water partition coefficient (Wildman–Crippen LogP) is 2.09. The number of primary amides is 1. The van der Waals surface area contributed by atoms with E-state index in [9.17, 15) is 14.4 Å². The summed E-state index contributed by atoms with van der Waals surface area (Å²) in [5.74, 6) is -0.0377. The number of nitrogens with one attached hydrogen (secondary N) is 2. The van der Waals surface area contributed by atoms with E-state index >= 15 is 0 Å². The second-order valence-electron chi connectivity index (χ2n) is 6.37. The molecule has 0 saturated carbocycles. The smallest absolute Gasteiger partial charge is 0.312 e. The maximum absolute atomic E-state index is 12.3. The number of amides is 3. The van der Waals surface area contributed by atoms with Crippen molar-refractivity contribution in [2.45, 2.75) is 25.5 Å². The lowest BCUT2D eigenvalue weighted by molar-refractivity contribution is -0.153. The van der Waals surface area contributed by atoms with Crippen LogP contribution in [0.25, 0.3) is 0 Å². The Kier molecular flexibility index (Phi) is 6.18. The molecule has 29 heavy (non-hydrogen) atoms. The number of rotatable bonds is 7. The van der Waals surface area contributed by atoms with Crippen molar-refractivity contribution in [2.24, 2.45) is 5.73 Å². The average Bonchev–Trinajstić information content (AvgIpc) is 3.15. The summed E-state index contributed by atoms with van der Waals surface area (Å²) in [6.07, 6.45) is -1.22. The molecule has 2 aromatic rings. The molecule has 0 fully saturated rings. The molecule has 2 atom stereocenters. The second-order valence-corrected chi connectivity index (χ2v) is 6.37. The number of benzene rings is 2. The number of anilines is 1. The van der Waals surface area contributed by atoms with E-state index in [0.29, 0.717) is 22.7 Å². The third-order valence-corrected chi connectivity index (χ3v) is 4.21. The highest BCUT2D eigenvalue weighted by Crippen LogP contribution is 2.34. The Morgan fingerprint density at radius 1 is 1.10 bits per heavy atom. The van der Waals surface area contributed by atoms with E-state index in [1.165, 1.54) is 6.92 Å². The van der Waals surface area contributed by atoms with Crippen molar-refractivity contribution in [3.8, 4) is 11.5 Å². The maximum atomic E-state index is 12.3. The summed E-state index contributed by atoms with van der Waals surface area (Å²) in [6, 6.07) is 12.4. The van der Waals surface area contributed by atoms with E-state index in [2.05, 4.69) is 10.6 Å². The molecule has 9 nitrogen and oxygen atoms in total. The fourth-order valence-electron chi connectivity index (χ4n) is 2.79. The molecule has 0 aliphatic carbocycles. The fourth-order valence-corrected chi connectivity index (χ4v) is 2.79. The monoisotopic (exact) mass is 399 g/mol. The molecule has 152 valence electrons. The Labute approximate surface area is 167 Å². The van der Waals surface area contributed by atoms with Gasteiger partial charge in [0.1, 0.15) is 0 Å². The van der Waals surface area contributed by atoms with Crippen LogP contribution < -0.4 is 25.8 Å². The van der Waals surface area contributed by atoms with Gasteiger partial charge >= 0.3 is 12.0 Å². The van der Waals surface area contributed by atoms with Gasteiger partial charge < -0.3 is 30.6 Å². The van der Waals surface area contributed by atoms with Gasteiger partial charge in [-0.05, 0) is 24.6 Å². The normalized spacial score (nSPS) is 13.8. The first-order valence-corrected chi connectivity index (χ1v) is 8.93. The molecule has 0 unspecified atom stereocenters. The molecule has 0 aromatic heterocycles. The molecule has 0 spiro atoms.